The third kappa shape index (κ3) is 4.64. The molecule has 0 bridgehead atoms. The van der Waals surface area contributed by atoms with E-state index in [1.807, 2.05) is 18.2 Å². The number of benzene rings is 1. The van der Waals surface area contributed by atoms with E-state index in [2.05, 4.69) is 0 Å². The van der Waals surface area contributed by atoms with Crippen molar-refractivity contribution in [3.05, 3.63) is 40.7 Å². The topological polar surface area (TPSA) is 35.5 Å². The Morgan fingerprint density at radius 3 is 2.35 bits per heavy atom. The molecule has 17 heavy (non-hydrogen) atoms. The van der Waals surface area contributed by atoms with E-state index in [-0.39, 0.29) is 0 Å². The molecular formula is C12H16ClO3P. The molecule has 0 saturated carbocycles. The fraction of sp³-hybridized carbons (Fsp3) is 0.333. The Balaban J connectivity index is 2.87. The van der Waals surface area contributed by atoms with Crippen LogP contribution in [0.25, 0.3) is 6.08 Å². The van der Waals surface area contributed by atoms with Crippen LogP contribution in [-0.4, -0.2) is 13.2 Å². The normalized spacial score (nSPS) is 12.2. The van der Waals surface area contributed by atoms with Crippen LogP contribution in [0.15, 0.2) is 30.1 Å². The van der Waals surface area contributed by atoms with Gasteiger partial charge in [0.15, 0.2) is 0 Å². The molecule has 0 amide bonds. The van der Waals surface area contributed by atoms with Gasteiger partial charge in [0.25, 0.3) is 0 Å². The van der Waals surface area contributed by atoms with Crippen LogP contribution in [0.4, 0.5) is 0 Å². The molecule has 3 nitrogen and oxygen atoms in total. The Kier molecular flexibility index (Phi) is 5.93. The summed E-state index contributed by atoms with van der Waals surface area (Å²) >= 11 is 5.98. The van der Waals surface area contributed by atoms with Gasteiger partial charge in [-0.05, 0) is 31.6 Å². The number of rotatable bonds is 6. The van der Waals surface area contributed by atoms with Gasteiger partial charge < -0.3 is 9.05 Å². The molecule has 0 saturated heterocycles. The Labute approximate surface area is 107 Å². The van der Waals surface area contributed by atoms with Crippen LogP contribution in [0.2, 0.25) is 5.02 Å². The maximum absolute atomic E-state index is 12.1. The summed E-state index contributed by atoms with van der Waals surface area (Å²) in [6.45, 7) is 4.22. The highest BCUT2D eigenvalue weighted by molar-refractivity contribution is 7.57. The molecule has 0 aliphatic heterocycles. The van der Waals surface area contributed by atoms with Crippen molar-refractivity contribution in [2.45, 2.75) is 13.8 Å². The van der Waals surface area contributed by atoms with Gasteiger partial charge >= 0.3 is 7.60 Å². The molecule has 0 N–H and O–H groups in total. The predicted molar refractivity (Wildman–Crippen MR) is 71.3 cm³/mol. The van der Waals surface area contributed by atoms with Gasteiger partial charge in [-0.1, -0.05) is 29.8 Å². The zero-order chi connectivity index (χ0) is 12.7. The van der Waals surface area contributed by atoms with E-state index in [1.165, 1.54) is 5.82 Å². The minimum Gasteiger partial charge on any atom is -0.306 e. The van der Waals surface area contributed by atoms with Gasteiger partial charge in [-0.25, -0.2) is 0 Å². The molecule has 1 aromatic rings. The van der Waals surface area contributed by atoms with Gasteiger partial charge in [0.1, 0.15) is 0 Å². The van der Waals surface area contributed by atoms with Crippen LogP contribution in [-0.2, 0) is 13.6 Å². The molecule has 94 valence electrons. The number of hydrogen-bond donors (Lipinski definition) is 0. The maximum Gasteiger partial charge on any atom is 0.354 e. The first-order valence-corrected chi connectivity index (χ1v) is 7.43. The van der Waals surface area contributed by atoms with Crippen molar-refractivity contribution in [1.82, 2.24) is 0 Å². The van der Waals surface area contributed by atoms with Gasteiger partial charge in [0.05, 0.1) is 13.2 Å². The van der Waals surface area contributed by atoms with Gasteiger partial charge in [0, 0.05) is 10.8 Å². The molecule has 0 unspecified atom stereocenters. The summed E-state index contributed by atoms with van der Waals surface area (Å²) < 4.78 is 22.4. The highest BCUT2D eigenvalue weighted by Crippen LogP contribution is 2.50. The molecule has 1 aromatic carbocycles. The molecule has 1 rings (SSSR count). The van der Waals surface area contributed by atoms with Gasteiger partial charge in [-0.2, -0.15) is 0 Å². The fourth-order valence-corrected chi connectivity index (χ4v) is 2.77. The lowest BCUT2D eigenvalue weighted by atomic mass is 10.2. The molecule has 0 aromatic heterocycles. The van der Waals surface area contributed by atoms with E-state index in [9.17, 15) is 4.57 Å². The van der Waals surface area contributed by atoms with Crippen LogP contribution in [0, 0.1) is 0 Å². The zero-order valence-electron chi connectivity index (χ0n) is 9.93. The minimum atomic E-state index is -3.14. The molecule has 5 heteroatoms. The summed E-state index contributed by atoms with van der Waals surface area (Å²) in [4.78, 5) is 0. The molecule has 0 radical (unpaired) electrons. The van der Waals surface area contributed by atoms with E-state index in [0.717, 1.165) is 5.56 Å². The quantitative estimate of drug-likeness (QED) is 0.713. The molecule has 0 aliphatic rings. The second-order valence-corrected chi connectivity index (χ2v) is 5.51. The van der Waals surface area contributed by atoms with Crippen LogP contribution < -0.4 is 0 Å². The van der Waals surface area contributed by atoms with Gasteiger partial charge in [0.2, 0.25) is 0 Å². The zero-order valence-corrected chi connectivity index (χ0v) is 11.6. The first-order valence-electron chi connectivity index (χ1n) is 5.44. The van der Waals surface area contributed by atoms with E-state index in [1.54, 1.807) is 26.0 Å². The third-order valence-electron chi connectivity index (χ3n) is 1.96. The van der Waals surface area contributed by atoms with Crippen molar-refractivity contribution in [3.8, 4) is 0 Å². The summed E-state index contributed by atoms with van der Waals surface area (Å²) in [7, 11) is -3.14. The third-order valence-corrected chi connectivity index (χ3v) is 4.05. The first-order chi connectivity index (χ1) is 8.11. The standard InChI is InChI=1S/C12H16ClO3P/c1-3-15-17(14,16-4-2)10-9-11-7-5-6-8-12(11)13/h5-10H,3-4H2,1-2H3. The van der Waals surface area contributed by atoms with Crippen molar-refractivity contribution in [3.63, 3.8) is 0 Å². The van der Waals surface area contributed by atoms with Crippen LogP contribution in [0.1, 0.15) is 19.4 Å². The SMILES string of the molecule is CCOP(=O)(C=Cc1ccccc1Cl)OCC. The molecule has 0 fully saturated rings. The molecule has 0 heterocycles. The van der Waals surface area contributed by atoms with E-state index in [4.69, 9.17) is 20.6 Å². The average Bonchev–Trinajstić information content (AvgIpc) is 2.29. The molecule has 0 atom stereocenters. The lowest BCUT2D eigenvalue weighted by molar-refractivity contribution is 0.229. The van der Waals surface area contributed by atoms with Crippen molar-refractivity contribution in [2.24, 2.45) is 0 Å². The van der Waals surface area contributed by atoms with Gasteiger partial charge in [-0.3, -0.25) is 4.57 Å². The second kappa shape index (κ2) is 6.97. The monoisotopic (exact) mass is 274 g/mol. The highest BCUT2D eigenvalue weighted by atomic mass is 35.5. The van der Waals surface area contributed by atoms with Crippen molar-refractivity contribution in [2.75, 3.05) is 13.2 Å². The van der Waals surface area contributed by atoms with Crippen molar-refractivity contribution < 1.29 is 13.6 Å². The second-order valence-electron chi connectivity index (χ2n) is 3.21. The summed E-state index contributed by atoms with van der Waals surface area (Å²) in [6.07, 6.45) is 1.66. The predicted octanol–water partition coefficient (Wildman–Crippen LogP) is 4.58. The Morgan fingerprint density at radius 1 is 1.24 bits per heavy atom. The van der Waals surface area contributed by atoms with E-state index < -0.39 is 7.60 Å². The number of hydrogen-bond acceptors (Lipinski definition) is 3. The lowest BCUT2D eigenvalue weighted by Gasteiger charge is -2.12. The summed E-state index contributed by atoms with van der Waals surface area (Å²) in [5.41, 5.74) is 0.786. The van der Waals surface area contributed by atoms with E-state index >= 15 is 0 Å². The van der Waals surface area contributed by atoms with Crippen LogP contribution in [0.5, 0.6) is 0 Å². The highest BCUT2D eigenvalue weighted by Gasteiger charge is 2.18. The Bertz CT molecular complexity index is 422. The lowest BCUT2D eigenvalue weighted by Crippen LogP contribution is -1.92. The minimum absolute atomic E-state index is 0.337. The smallest absolute Gasteiger partial charge is 0.306 e. The molecule has 0 spiro atoms. The molecule has 0 aliphatic carbocycles. The largest absolute Gasteiger partial charge is 0.354 e. The summed E-state index contributed by atoms with van der Waals surface area (Å²) in [5, 5.41) is 0.600. The Hall–Kier alpha value is -0.600. The van der Waals surface area contributed by atoms with Gasteiger partial charge in [-0.15, -0.1) is 0 Å². The fourth-order valence-electron chi connectivity index (χ4n) is 1.27. The summed E-state index contributed by atoms with van der Waals surface area (Å²) in [5.74, 6) is 1.45. The van der Waals surface area contributed by atoms with Crippen molar-refractivity contribution >= 4 is 25.3 Å². The van der Waals surface area contributed by atoms with E-state index in [0.29, 0.717) is 18.2 Å². The van der Waals surface area contributed by atoms with Crippen molar-refractivity contribution in [1.29, 1.82) is 0 Å². The van der Waals surface area contributed by atoms with Crippen LogP contribution in [0.3, 0.4) is 0 Å². The Morgan fingerprint density at radius 2 is 1.82 bits per heavy atom. The molecular weight excluding hydrogens is 259 g/mol. The number of halogens is 1. The maximum atomic E-state index is 12.1. The first kappa shape index (κ1) is 14.5. The summed E-state index contributed by atoms with van der Waals surface area (Å²) in [6, 6.07) is 7.30. The van der Waals surface area contributed by atoms with Crippen LogP contribution >= 0.6 is 19.2 Å². The average molecular weight is 275 g/mol.